The lowest BCUT2D eigenvalue weighted by molar-refractivity contribution is 0.223. The van der Waals surface area contributed by atoms with Gasteiger partial charge < -0.3 is 10.2 Å². The Balaban J connectivity index is 1.69. The summed E-state index contributed by atoms with van der Waals surface area (Å²) in [7, 11) is 1.87. The van der Waals surface area contributed by atoms with Gasteiger partial charge in [-0.25, -0.2) is 4.68 Å². The van der Waals surface area contributed by atoms with E-state index in [1.165, 1.54) is 12.0 Å². The first-order valence-electron chi connectivity index (χ1n) is 10.4. The van der Waals surface area contributed by atoms with Gasteiger partial charge in [0.15, 0.2) is 5.96 Å². The monoisotopic (exact) mass is 382 g/mol. The predicted octanol–water partition coefficient (Wildman–Crippen LogP) is 2.98. The minimum absolute atomic E-state index is 0.621. The standard InChI is InChI=1S/C22H34N6/c1-6-26(7-2)20-12-13-27(16-20)22(23-5)24-15-19-10-8-9-11-21(19)28-18(4)14-17(3)25-28/h8-11,14,20H,6-7,12-13,15-16H2,1-5H3,(H,23,24). The van der Waals surface area contributed by atoms with Crippen molar-refractivity contribution in [3.63, 3.8) is 0 Å². The number of nitrogens with one attached hydrogen (secondary N) is 1. The molecule has 0 saturated carbocycles. The molecule has 1 aromatic carbocycles. The molecule has 0 spiro atoms. The van der Waals surface area contributed by atoms with Crippen LogP contribution in [0, 0.1) is 13.8 Å². The number of likely N-dealkylation sites (tertiary alicyclic amines) is 1. The van der Waals surface area contributed by atoms with Crippen LogP contribution >= 0.6 is 0 Å². The molecule has 2 heterocycles. The number of likely N-dealkylation sites (N-methyl/N-ethyl adjacent to an activating group) is 1. The van der Waals surface area contributed by atoms with Crippen molar-refractivity contribution in [1.29, 1.82) is 0 Å². The lowest BCUT2D eigenvalue weighted by atomic mass is 10.1. The van der Waals surface area contributed by atoms with Gasteiger partial charge in [0, 0.05) is 38.4 Å². The predicted molar refractivity (Wildman–Crippen MR) is 116 cm³/mol. The lowest BCUT2D eigenvalue weighted by Crippen LogP contribution is -2.43. The summed E-state index contributed by atoms with van der Waals surface area (Å²) in [6, 6.07) is 11.2. The summed E-state index contributed by atoms with van der Waals surface area (Å²) in [5, 5.41) is 8.23. The number of aryl methyl sites for hydroxylation is 2. The van der Waals surface area contributed by atoms with E-state index in [2.05, 4.69) is 76.3 Å². The van der Waals surface area contributed by atoms with Gasteiger partial charge in [0.25, 0.3) is 0 Å². The van der Waals surface area contributed by atoms with Crippen LogP contribution in [0.3, 0.4) is 0 Å². The van der Waals surface area contributed by atoms with E-state index in [9.17, 15) is 0 Å². The zero-order chi connectivity index (χ0) is 20.1. The normalized spacial score (nSPS) is 17.6. The van der Waals surface area contributed by atoms with Crippen LogP contribution in [0.1, 0.15) is 37.2 Å². The number of rotatable bonds is 6. The van der Waals surface area contributed by atoms with E-state index in [1.807, 2.05) is 18.7 Å². The number of guanidine groups is 1. The molecular formula is C22H34N6. The quantitative estimate of drug-likeness (QED) is 0.616. The Hall–Kier alpha value is -2.34. The summed E-state index contributed by atoms with van der Waals surface area (Å²) < 4.78 is 2.03. The molecule has 1 atom stereocenters. The molecule has 1 saturated heterocycles. The molecule has 3 rings (SSSR count). The Bertz CT molecular complexity index is 805. The van der Waals surface area contributed by atoms with Crippen molar-refractivity contribution in [2.24, 2.45) is 4.99 Å². The average molecular weight is 383 g/mol. The summed E-state index contributed by atoms with van der Waals surface area (Å²) in [5.74, 6) is 0.984. The summed E-state index contributed by atoms with van der Waals surface area (Å²) in [6.07, 6.45) is 1.20. The molecule has 1 aliphatic heterocycles. The third-order valence-electron chi connectivity index (χ3n) is 5.67. The highest BCUT2D eigenvalue weighted by molar-refractivity contribution is 5.80. The Morgan fingerprint density at radius 2 is 2.00 bits per heavy atom. The number of aromatic nitrogens is 2. The smallest absolute Gasteiger partial charge is 0.193 e. The number of hydrogen-bond acceptors (Lipinski definition) is 3. The van der Waals surface area contributed by atoms with Gasteiger partial charge in [0.05, 0.1) is 11.4 Å². The molecule has 6 heteroatoms. The number of hydrogen-bond donors (Lipinski definition) is 1. The summed E-state index contributed by atoms with van der Waals surface area (Å²) in [6.45, 7) is 13.7. The van der Waals surface area contributed by atoms with E-state index in [-0.39, 0.29) is 0 Å². The van der Waals surface area contributed by atoms with Gasteiger partial charge in [-0.05, 0) is 51.1 Å². The minimum Gasteiger partial charge on any atom is -0.352 e. The molecule has 1 N–H and O–H groups in total. The zero-order valence-corrected chi connectivity index (χ0v) is 17.9. The van der Waals surface area contributed by atoms with Crippen LogP contribution in [-0.4, -0.2) is 64.8 Å². The molecule has 2 aromatic rings. The van der Waals surface area contributed by atoms with Crippen molar-refractivity contribution in [3.8, 4) is 5.69 Å². The number of para-hydroxylation sites is 1. The van der Waals surface area contributed by atoms with Gasteiger partial charge in [-0.2, -0.15) is 5.10 Å². The Labute approximate surface area is 169 Å². The molecule has 1 aromatic heterocycles. The molecule has 6 nitrogen and oxygen atoms in total. The van der Waals surface area contributed by atoms with Crippen LogP contribution in [0.25, 0.3) is 5.69 Å². The first kappa shape index (κ1) is 20.4. The maximum Gasteiger partial charge on any atom is 0.193 e. The van der Waals surface area contributed by atoms with E-state index in [1.54, 1.807) is 0 Å². The van der Waals surface area contributed by atoms with Gasteiger partial charge in [-0.1, -0.05) is 32.0 Å². The fraction of sp³-hybridized carbons (Fsp3) is 0.545. The van der Waals surface area contributed by atoms with Crippen molar-refractivity contribution >= 4 is 5.96 Å². The van der Waals surface area contributed by atoms with Crippen LogP contribution in [0.15, 0.2) is 35.3 Å². The molecule has 0 amide bonds. The second-order valence-corrected chi connectivity index (χ2v) is 7.48. The average Bonchev–Trinajstić information content (AvgIpc) is 3.30. The molecule has 0 radical (unpaired) electrons. The van der Waals surface area contributed by atoms with E-state index >= 15 is 0 Å². The van der Waals surface area contributed by atoms with Crippen molar-refractivity contribution in [3.05, 3.63) is 47.3 Å². The molecule has 1 fully saturated rings. The maximum atomic E-state index is 4.66. The van der Waals surface area contributed by atoms with E-state index < -0.39 is 0 Å². The molecule has 28 heavy (non-hydrogen) atoms. The Morgan fingerprint density at radius 3 is 2.64 bits per heavy atom. The van der Waals surface area contributed by atoms with Crippen LogP contribution in [-0.2, 0) is 6.54 Å². The van der Waals surface area contributed by atoms with E-state index in [0.29, 0.717) is 6.04 Å². The first-order valence-corrected chi connectivity index (χ1v) is 10.4. The molecule has 1 aliphatic rings. The van der Waals surface area contributed by atoms with Gasteiger partial charge in [0.1, 0.15) is 0 Å². The van der Waals surface area contributed by atoms with Crippen molar-refractivity contribution in [1.82, 2.24) is 24.9 Å². The highest BCUT2D eigenvalue weighted by Gasteiger charge is 2.28. The third kappa shape index (κ3) is 4.38. The maximum absolute atomic E-state index is 4.66. The van der Waals surface area contributed by atoms with Gasteiger partial charge in [0.2, 0.25) is 0 Å². The minimum atomic E-state index is 0.621. The highest BCUT2D eigenvalue weighted by atomic mass is 15.3. The van der Waals surface area contributed by atoms with Crippen LogP contribution in [0.2, 0.25) is 0 Å². The van der Waals surface area contributed by atoms with Gasteiger partial charge in [-0.15, -0.1) is 0 Å². The fourth-order valence-electron chi connectivity index (χ4n) is 4.22. The third-order valence-corrected chi connectivity index (χ3v) is 5.67. The first-order chi connectivity index (χ1) is 13.6. The van der Waals surface area contributed by atoms with Crippen LogP contribution in [0.4, 0.5) is 0 Å². The SMILES string of the molecule is CCN(CC)C1CCN(C(=NC)NCc2ccccc2-n2nc(C)cc2C)C1. The van der Waals surface area contributed by atoms with E-state index in [4.69, 9.17) is 0 Å². The van der Waals surface area contributed by atoms with Gasteiger partial charge >= 0.3 is 0 Å². The largest absolute Gasteiger partial charge is 0.352 e. The van der Waals surface area contributed by atoms with Gasteiger partial charge in [-0.3, -0.25) is 9.89 Å². The lowest BCUT2D eigenvalue weighted by Gasteiger charge is -2.27. The zero-order valence-electron chi connectivity index (χ0n) is 17.9. The fourth-order valence-corrected chi connectivity index (χ4v) is 4.22. The van der Waals surface area contributed by atoms with Crippen molar-refractivity contribution < 1.29 is 0 Å². The van der Waals surface area contributed by atoms with Crippen molar-refractivity contribution in [2.45, 2.75) is 46.7 Å². The summed E-state index contributed by atoms with van der Waals surface area (Å²) in [4.78, 5) is 9.48. The summed E-state index contributed by atoms with van der Waals surface area (Å²) in [5.41, 5.74) is 4.53. The molecule has 0 aliphatic carbocycles. The topological polar surface area (TPSA) is 48.7 Å². The van der Waals surface area contributed by atoms with Crippen LogP contribution < -0.4 is 5.32 Å². The van der Waals surface area contributed by atoms with Crippen molar-refractivity contribution in [2.75, 3.05) is 33.2 Å². The number of benzene rings is 1. The highest BCUT2D eigenvalue weighted by Crippen LogP contribution is 2.18. The molecular weight excluding hydrogens is 348 g/mol. The van der Waals surface area contributed by atoms with E-state index in [0.717, 1.165) is 55.8 Å². The second kappa shape index (κ2) is 9.24. The van der Waals surface area contributed by atoms with Crippen LogP contribution in [0.5, 0.6) is 0 Å². The summed E-state index contributed by atoms with van der Waals surface area (Å²) >= 11 is 0. The number of nitrogens with zero attached hydrogens (tertiary/aromatic N) is 5. The molecule has 1 unspecified atom stereocenters. The second-order valence-electron chi connectivity index (χ2n) is 7.48. The number of aliphatic imine (C=N–C) groups is 1. The molecule has 152 valence electrons. The Morgan fingerprint density at radius 1 is 1.25 bits per heavy atom. The Kier molecular flexibility index (Phi) is 6.73. The molecule has 0 bridgehead atoms.